The van der Waals surface area contributed by atoms with E-state index in [1.807, 2.05) is 0 Å². The molecule has 3 heteroatoms. The zero-order valence-corrected chi connectivity index (χ0v) is 12.1. The molecule has 0 heterocycles. The normalized spacial score (nSPS) is 13.4. The predicted octanol–water partition coefficient (Wildman–Crippen LogP) is 3.71. The van der Waals surface area contributed by atoms with Crippen molar-refractivity contribution in [3.63, 3.8) is 0 Å². The highest BCUT2D eigenvalue weighted by Crippen LogP contribution is 2.14. The molecule has 0 saturated heterocycles. The van der Waals surface area contributed by atoms with E-state index in [0.29, 0.717) is 0 Å². The van der Waals surface area contributed by atoms with Gasteiger partial charge < -0.3 is 9.16 Å². The standard InChI is InChI=1S/C12H28O2Si/c1-5-8-10-15(11-9-6-2)14-12(7-3)13-4/h12,15H,5-11H2,1-4H3. The van der Waals surface area contributed by atoms with Gasteiger partial charge in [-0.25, -0.2) is 0 Å². The Morgan fingerprint density at radius 2 is 1.53 bits per heavy atom. The highest BCUT2D eigenvalue weighted by Gasteiger charge is 2.15. The summed E-state index contributed by atoms with van der Waals surface area (Å²) in [5, 5.41) is 0. The minimum absolute atomic E-state index is 0.0513. The van der Waals surface area contributed by atoms with Gasteiger partial charge in [0.25, 0.3) is 0 Å². The van der Waals surface area contributed by atoms with E-state index in [1.54, 1.807) is 7.11 Å². The van der Waals surface area contributed by atoms with Gasteiger partial charge in [-0.2, -0.15) is 0 Å². The summed E-state index contributed by atoms with van der Waals surface area (Å²) < 4.78 is 11.4. The third-order valence-electron chi connectivity index (χ3n) is 2.70. The molecule has 0 aliphatic carbocycles. The van der Waals surface area contributed by atoms with Crippen molar-refractivity contribution in [3.8, 4) is 0 Å². The average molecular weight is 232 g/mol. The summed E-state index contributed by atoms with van der Waals surface area (Å²) in [7, 11) is 0.762. The zero-order valence-electron chi connectivity index (χ0n) is 10.9. The van der Waals surface area contributed by atoms with Crippen LogP contribution in [0.1, 0.15) is 52.9 Å². The van der Waals surface area contributed by atoms with Gasteiger partial charge in [-0.05, 0) is 18.5 Å². The SMILES string of the molecule is CCCC[SiH](CCCC)OC(CC)OC. The summed E-state index contributed by atoms with van der Waals surface area (Å²) in [6.07, 6.45) is 6.22. The molecular weight excluding hydrogens is 204 g/mol. The van der Waals surface area contributed by atoms with Crippen molar-refractivity contribution in [1.29, 1.82) is 0 Å². The third kappa shape index (κ3) is 8.00. The topological polar surface area (TPSA) is 18.5 Å². The lowest BCUT2D eigenvalue weighted by Crippen LogP contribution is -2.26. The van der Waals surface area contributed by atoms with E-state index >= 15 is 0 Å². The van der Waals surface area contributed by atoms with Gasteiger partial charge in [0.1, 0.15) is 6.29 Å². The molecule has 1 unspecified atom stereocenters. The Morgan fingerprint density at radius 3 is 1.87 bits per heavy atom. The molecule has 0 rings (SSSR count). The maximum atomic E-state index is 6.07. The zero-order chi connectivity index (χ0) is 11.5. The molecular formula is C12H28O2Si. The maximum Gasteiger partial charge on any atom is 0.180 e. The Morgan fingerprint density at radius 1 is 1.00 bits per heavy atom. The quantitative estimate of drug-likeness (QED) is 0.422. The van der Waals surface area contributed by atoms with Crippen LogP contribution in [0, 0.1) is 0 Å². The molecule has 0 amide bonds. The van der Waals surface area contributed by atoms with Crippen molar-refractivity contribution in [1.82, 2.24) is 0 Å². The second kappa shape index (κ2) is 10.6. The summed E-state index contributed by atoms with van der Waals surface area (Å²) in [6, 6.07) is 2.63. The first-order valence-electron chi connectivity index (χ1n) is 6.46. The summed E-state index contributed by atoms with van der Waals surface area (Å²) in [5.74, 6) is 0. The van der Waals surface area contributed by atoms with E-state index in [9.17, 15) is 0 Å². The summed E-state index contributed by atoms with van der Waals surface area (Å²) in [4.78, 5) is 0. The second-order valence-corrected chi connectivity index (χ2v) is 6.79. The van der Waals surface area contributed by atoms with Gasteiger partial charge >= 0.3 is 0 Å². The van der Waals surface area contributed by atoms with Gasteiger partial charge in [0.05, 0.1) is 0 Å². The highest BCUT2D eigenvalue weighted by atomic mass is 28.3. The molecule has 0 bridgehead atoms. The number of unbranched alkanes of at least 4 members (excludes halogenated alkanes) is 2. The Hall–Kier alpha value is 0.137. The molecule has 15 heavy (non-hydrogen) atoms. The van der Waals surface area contributed by atoms with Gasteiger partial charge in [0.15, 0.2) is 9.04 Å². The number of ether oxygens (including phenoxy) is 1. The second-order valence-electron chi connectivity index (χ2n) is 4.12. The smallest absolute Gasteiger partial charge is 0.180 e. The van der Waals surface area contributed by atoms with Crippen molar-refractivity contribution >= 4 is 9.04 Å². The van der Waals surface area contributed by atoms with E-state index < -0.39 is 9.04 Å². The minimum Gasteiger partial charge on any atom is -0.396 e. The van der Waals surface area contributed by atoms with E-state index in [-0.39, 0.29) is 6.29 Å². The van der Waals surface area contributed by atoms with E-state index in [4.69, 9.17) is 9.16 Å². The van der Waals surface area contributed by atoms with Crippen LogP contribution in [0.2, 0.25) is 12.1 Å². The van der Waals surface area contributed by atoms with Crippen molar-refractivity contribution in [2.24, 2.45) is 0 Å². The molecule has 0 aromatic rings. The number of hydrogen-bond donors (Lipinski definition) is 0. The molecule has 2 nitrogen and oxygen atoms in total. The van der Waals surface area contributed by atoms with Crippen LogP contribution in [0.25, 0.3) is 0 Å². The van der Waals surface area contributed by atoms with Crippen LogP contribution in [0.15, 0.2) is 0 Å². The Labute approximate surface area is 97.1 Å². The highest BCUT2D eigenvalue weighted by molar-refractivity contribution is 6.51. The summed E-state index contributed by atoms with van der Waals surface area (Å²) in [5.41, 5.74) is 0. The first-order chi connectivity index (χ1) is 7.28. The van der Waals surface area contributed by atoms with Gasteiger partial charge in [-0.3, -0.25) is 0 Å². The van der Waals surface area contributed by atoms with Crippen LogP contribution >= 0.6 is 0 Å². The van der Waals surface area contributed by atoms with Gasteiger partial charge in [-0.1, -0.05) is 46.5 Å². The molecule has 0 fully saturated rings. The van der Waals surface area contributed by atoms with Crippen LogP contribution in [0.3, 0.4) is 0 Å². The molecule has 0 N–H and O–H groups in total. The monoisotopic (exact) mass is 232 g/mol. The van der Waals surface area contributed by atoms with E-state index in [0.717, 1.165) is 6.42 Å². The van der Waals surface area contributed by atoms with Crippen LogP contribution in [0.5, 0.6) is 0 Å². The predicted molar refractivity (Wildman–Crippen MR) is 68.8 cm³/mol. The molecule has 0 spiro atoms. The summed E-state index contributed by atoms with van der Waals surface area (Å²) >= 11 is 0. The van der Waals surface area contributed by atoms with Crippen molar-refractivity contribution in [3.05, 3.63) is 0 Å². The maximum absolute atomic E-state index is 6.07. The fraction of sp³-hybridized carbons (Fsp3) is 1.00. The molecule has 0 aliphatic rings. The van der Waals surface area contributed by atoms with E-state index in [1.165, 1.54) is 37.8 Å². The fourth-order valence-electron chi connectivity index (χ4n) is 1.68. The Bertz CT molecular complexity index is 119. The van der Waals surface area contributed by atoms with Gasteiger partial charge in [0.2, 0.25) is 0 Å². The van der Waals surface area contributed by atoms with Gasteiger partial charge in [0, 0.05) is 7.11 Å². The van der Waals surface area contributed by atoms with Crippen molar-refractivity contribution < 1.29 is 9.16 Å². The average Bonchev–Trinajstić information content (AvgIpc) is 2.28. The lowest BCUT2D eigenvalue weighted by molar-refractivity contribution is -0.0583. The molecule has 1 atom stereocenters. The Balaban J connectivity index is 3.86. The molecule has 0 aromatic carbocycles. The number of methoxy groups -OCH3 is 1. The van der Waals surface area contributed by atoms with Crippen molar-refractivity contribution in [2.45, 2.75) is 71.3 Å². The lowest BCUT2D eigenvalue weighted by atomic mass is 10.4. The van der Waals surface area contributed by atoms with Crippen LogP contribution in [-0.2, 0) is 9.16 Å². The number of rotatable bonds is 10. The summed E-state index contributed by atoms with van der Waals surface area (Å²) in [6.45, 7) is 6.62. The molecule has 0 saturated carbocycles. The van der Waals surface area contributed by atoms with Crippen LogP contribution < -0.4 is 0 Å². The van der Waals surface area contributed by atoms with Gasteiger partial charge in [-0.15, -0.1) is 0 Å². The fourth-order valence-corrected chi connectivity index (χ4v) is 4.70. The first-order valence-corrected chi connectivity index (χ1v) is 8.57. The van der Waals surface area contributed by atoms with Crippen LogP contribution in [0.4, 0.5) is 0 Å². The number of hydrogen-bond acceptors (Lipinski definition) is 2. The van der Waals surface area contributed by atoms with E-state index in [2.05, 4.69) is 20.8 Å². The Kier molecular flexibility index (Phi) is 10.7. The molecule has 0 radical (unpaired) electrons. The largest absolute Gasteiger partial charge is 0.396 e. The molecule has 0 aromatic heterocycles. The molecule has 92 valence electrons. The minimum atomic E-state index is -0.987. The lowest BCUT2D eigenvalue weighted by Gasteiger charge is -2.22. The first kappa shape index (κ1) is 15.1. The van der Waals surface area contributed by atoms with Crippen molar-refractivity contribution in [2.75, 3.05) is 7.11 Å². The van der Waals surface area contributed by atoms with Crippen LogP contribution in [-0.4, -0.2) is 22.4 Å². The third-order valence-corrected chi connectivity index (χ3v) is 5.49. The molecule has 0 aliphatic heterocycles.